The molecule has 68 heavy (non-hydrogen) atoms. The Morgan fingerprint density at radius 1 is 0.500 bits per heavy atom. The number of benzene rings is 8. The number of rotatable bonds is 4. The SMILES string of the molecule is Cc1cc2c3c(c1)N(c1ccc(-c4cccc5oc6ccccc6c45)cc1)c1cc(C(C)(C)C)ccc1B3c1ccc(C(C)(C)C)cc1N2c1ccc(C2=CCCc3oc4ccccc4c32)cc1. The Labute approximate surface area is 399 Å². The maximum absolute atomic E-state index is 6.41. The molecule has 8 aromatic carbocycles. The van der Waals surface area contributed by atoms with E-state index in [1.807, 2.05) is 6.07 Å². The molecule has 0 amide bonds. The van der Waals surface area contributed by atoms with Gasteiger partial charge in [0.15, 0.2) is 0 Å². The van der Waals surface area contributed by atoms with Crippen molar-refractivity contribution in [3.63, 3.8) is 0 Å². The van der Waals surface area contributed by atoms with Gasteiger partial charge < -0.3 is 18.6 Å². The van der Waals surface area contributed by atoms with Gasteiger partial charge in [-0.05, 0) is 146 Å². The van der Waals surface area contributed by atoms with Crippen LogP contribution in [-0.4, -0.2) is 6.71 Å². The number of aryl methyl sites for hydroxylation is 2. The molecule has 13 rings (SSSR count). The van der Waals surface area contributed by atoms with Gasteiger partial charge in [0.05, 0.1) is 0 Å². The van der Waals surface area contributed by atoms with Gasteiger partial charge in [0.2, 0.25) is 0 Å². The molecular formula is C63H53BN2O2. The molecule has 330 valence electrons. The number of fused-ring (bicyclic) bond motifs is 10. The van der Waals surface area contributed by atoms with E-state index in [0.29, 0.717) is 0 Å². The van der Waals surface area contributed by atoms with E-state index in [2.05, 4.69) is 222 Å². The third-order valence-electron chi connectivity index (χ3n) is 14.9. The highest BCUT2D eigenvalue weighted by molar-refractivity contribution is 7.00. The maximum atomic E-state index is 6.41. The predicted octanol–water partition coefficient (Wildman–Crippen LogP) is 15.4. The smallest absolute Gasteiger partial charge is 0.252 e. The van der Waals surface area contributed by atoms with Crippen LogP contribution in [0, 0.1) is 6.92 Å². The summed E-state index contributed by atoms with van der Waals surface area (Å²) in [6, 6.07) is 61.2. The molecule has 0 bridgehead atoms. The fourth-order valence-corrected chi connectivity index (χ4v) is 11.5. The summed E-state index contributed by atoms with van der Waals surface area (Å²) in [6.07, 6.45) is 4.29. The fraction of sp³-hybridized carbons (Fsp3) is 0.175. The Balaban J connectivity index is 0.997. The van der Waals surface area contributed by atoms with Crippen molar-refractivity contribution < 1.29 is 8.83 Å². The van der Waals surface area contributed by atoms with Crippen LogP contribution in [0.2, 0.25) is 0 Å². The van der Waals surface area contributed by atoms with Gasteiger partial charge >= 0.3 is 0 Å². The Kier molecular flexibility index (Phi) is 8.84. The lowest BCUT2D eigenvalue weighted by molar-refractivity contribution is 0.545. The second-order valence-corrected chi connectivity index (χ2v) is 21.3. The molecular weight excluding hydrogens is 828 g/mol. The van der Waals surface area contributed by atoms with Crippen LogP contribution in [0.4, 0.5) is 34.1 Å². The molecule has 5 heteroatoms. The highest BCUT2D eigenvalue weighted by Gasteiger charge is 2.44. The molecule has 0 fully saturated rings. The highest BCUT2D eigenvalue weighted by Crippen LogP contribution is 2.48. The zero-order valence-electron chi connectivity index (χ0n) is 39.9. The minimum Gasteiger partial charge on any atom is -0.460 e. The summed E-state index contributed by atoms with van der Waals surface area (Å²) in [5.74, 6) is 1.09. The molecule has 0 N–H and O–H groups in total. The first-order valence-corrected chi connectivity index (χ1v) is 24.2. The van der Waals surface area contributed by atoms with Crippen LogP contribution >= 0.6 is 0 Å². The summed E-state index contributed by atoms with van der Waals surface area (Å²) in [4.78, 5) is 5.10. The summed E-state index contributed by atoms with van der Waals surface area (Å²) in [7, 11) is 0. The average molecular weight is 881 g/mol. The third-order valence-corrected chi connectivity index (χ3v) is 14.9. The van der Waals surface area contributed by atoms with E-state index < -0.39 is 0 Å². The van der Waals surface area contributed by atoms with Crippen molar-refractivity contribution in [3.8, 4) is 11.1 Å². The number of para-hydroxylation sites is 2. The molecule has 4 nitrogen and oxygen atoms in total. The molecule has 2 aliphatic heterocycles. The maximum Gasteiger partial charge on any atom is 0.252 e. The van der Waals surface area contributed by atoms with Crippen LogP contribution in [0.3, 0.4) is 0 Å². The van der Waals surface area contributed by atoms with Gasteiger partial charge in [-0.15, -0.1) is 0 Å². The van der Waals surface area contributed by atoms with E-state index in [-0.39, 0.29) is 17.5 Å². The monoisotopic (exact) mass is 880 g/mol. The number of nitrogens with zero attached hydrogens (tertiary/aromatic N) is 2. The topological polar surface area (TPSA) is 32.8 Å². The molecule has 0 radical (unpaired) electrons. The lowest BCUT2D eigenvalue weighted by Gasteiger charge is -2.45. The number of furan rings is 2. The zero-order valence-corrected chi connectivity index (χ0v) is 39.9. The van der Waals surface area contributed by atoms with Crippen LogP contribution in [0.1, 0.15) is 81.5 Å². The molecule has 4 heterocycles. The van der Waals surface area contributed by atoms with E-state index in [1.54, 1.807) is 0 Å². The van der Waals surface area contributed by atoms with E-state index in [1.165, 1.54) is 83.5 Å². The van der Waals surface area contributed by atoms with Gasteiger partial charge in [0, 0.05) is 62.3 Å². The molecule has 0 atom stereocenters. The second kappa shape index (κ2) is 14.8. The van der Waals surface area contributed by atoms with Gasteiger partial charge in [-0.2, -0.15) is 0 Å². The summed E-state index contributed by atoms with van der Waals surface area (Å²) >= 11 is 0. The number of hydrogen-bond acceptors (Lipinski definition) is 4. The fourth-order valence-electron chi connectivity index (χ4n) is 11.5. The Morgan fingerprint density at radius 3 is 1.65 bits per heavy atom. The van der Waals surface area contributed by atoms with Crippen LogP contribution in [0.15, 0.2) is 179 Å². The van der Waals surface area contributed by atoms with Gasteiger partial charge in [-0.1, -0.05) is 145 Å². The number of allylic oxidation sites excluding steroid dienone is 1. The lowest BCUT2D eigenvalue weighted by atomic mass is 9.33. The summed E-state index contributed by atoms with van der Waals surface area (Å²) in [5.41, 5.74) is 23.8. The van der Waals surface area contributed by atoms with Crippen molar-refractivity contribution >= 4 is 95.7 Å². The van der Waals surface area contributed by atoms with Crippen molar-refractivity contribution in [2.75, 3.05) is 9.80 Å². The minimum absolute atomic E-state index is 0.0341. The van der Waals surface area contributed by atoms with E-state index >= 15 is 0 Å². The lowest BCUT2D eigenvalue weighted by Crippen LogP contribution is -2.61. The van der Waals surface area contributed by atoms with Crippen molar-refractivity contribution in [2.24, 2.45) is 0 Å². The van der Waals surface area contributed by atoms with E-state index in [4.69, 9.17) is 8.83 Å². The Hall–Kier alpha value is -7.50. The van der Waals surface area contributed by atoms with Crippen LogP contribution in [0.5, 0.6) is 0 Å². The third kappa shape index (κ3) is 6.21. The van der Waals surface area contributed by atoms with Crippen molar-refractivity contribution in [1.82, 2.24) is 0 Å². The number of anilines is 6. The van der Waals surface area contributed by atoms with Crippen LogP contribution in [-0.2, 0) is 17.3 Å². The molecule has 0 saturated carbocycles. The molecule has 1 aliphatic carbocycles. The second-order valence-electron chi connectivity index (χ2n) is 21.3. The molecule has 0 spiro atoms. The molecule has 2 aromatic heterocycles. The van der Waals surface area contributed by atoms with E-state index in [9.17, 15) is 0 Å². The first-order valence-electron chi connectivity index (χ1n) is 24.2. The number of hydrogen-bond donors (Lipinski definition) is 0. The van der Waals surface area contributed by atoms with Gasteiger partial charge in [-0.25, -0.2) is 0 Å². The van der Waals surface area contributed by atoms with Gasteiger partial charge in [0.25, 0.3) is 6.71 Å². The van der Waals surface area contributed by atoms with Crippen LogP contribution < -0.4 is 26.2 Å². The first kappa shape index (κ1) is 40.8. The molecule has 3 aliphatic rings. The minimum atomic E-state index is -0.0381. The normalized spacial score (nSPS) is 14.3. The summed E-state index contributed by atoms with van der Waals surface area (Å²) in [5, 5.41) is 3.48. The van der Waals surface area contributed by atoms with Crippen molar-refractivity contribution in [2.45, 2.75) is 72.1 Å². The largest absolute Gasteiger partial charge is 0.460 e. The van der Waals surface area contributed by atoms with Crippen molar-refractivity contribution in [3.05, 3.63) is 203 Å². The first-order chi connectivity index (χ1) is 32.9. The predicted molar refractivity (Wildman–Crippen MR) is 287 cm³/mol. The Bertz CT molecular complexity index is 3720. The van der Waals surface area contributed by atoms with E-state index in [0.717, 1.165) is 63.1 Å². The quantitative estimate of drug-likeness (QED) is 0.165. The van der Waals surface area contributed by atoms with Gasteiger partial charge in [0.1, 0.15) is 22.5 Å². The van der Waals surface area contributed by atoms with Crippen molar-refractivity contribution in [1.29, 1.82) is 0 Å². The standard InChI is InChI=1S/C63H53BN2O2/c1-38-34-53-61-54(35-38)66(44-30-24-40(25-31-44)46-17-13-21-58-60(46)48-15-9-11-19-56(48)68-58)52-37-42(63(5,6)7)27-33-50(52)64(61)49-32-26-41(62(2,3)4)36-51(49)65(53)43-28-22-39(23-29-43)45-16-12-20-57-59(45)47-14-8-10-18-55(47)67-57/h8-12,14-20,22-37H,13,21H2,1-7H3. The summed E-state index contributed by atoms with van der Waals surface area (Å²) < 4.78 is 12.7. The molecule has 10 aromatic rings. The highest BCUT2D eigenvalue weighted by atomic mass is 16.3. The molecule has 0 saturated heterocycles. The summed E-state index contributed by atoms with van der Waals surface area (Å²) in [6.45, 7) is 16.2. The van der Waals surface area contributed by atoms with Gasteiger partial charge in [-0.3, -0.25) is 0 Å². The molecule has 0 unspecified atom stereocenters. The Morgan fingerprint density at radius 2 is 1.04 bits per heavy atom. The zero-order chi connectivity index (χ0) is 46.2. The van der Waals surface area contributed by atoms with Crippen LogP contribution in [0.25, 0.3) is 49.6 Å². The average Bonchev–Trinajstić information content (AvgIpc) is 3.92.